The van der Waals surface area contributed by atoms with E-state index in [1.165, 1.54) is 23.4 Å². The van der Waals surface area contributed by atoms with E-state index >= 15 is 0 Å². The molecular weight excluding hydrogens is 263 g/mol. The van der Waals surface area contributed by atoms with Gasteiger partial charge in [0.15, 0.2) is 0 Å². The molecule has 0 fully saturated rings. The van der Waals surface area contributed by atoms with Crippen molar-refractivity contribution >= 4 is 23.8 Å². The van der Waals surface area contributed by atoms with Crippen LogP contribution in [0.4, 0.5) is 15.8 Å². The van der Waals surface area contributed by atoms with Crippen LogP contribution in [-0.4, -0.2) is 6.54 Å². The number of anilines is 2. The van der Waals surface area contributed by atoms with Crippen molar-refractivity contribution in [3.05, 3.63) is 59.4 Å². The number of nitrogens with two attached hydrogens (primary N) is 1. The second kappa shape index (κ2) is 5.49. The second-order valence-corrected chi connectivity index (χ2v) is 4.69. The Hall–Kier alpha value is -1.74. The lowest BCUT2D eigenvalue weighted by Gasteiger charge is -2.19. The van der Waals surface area contributed by atoms with Gasteiger partial charge in [-0.2, -0.15) is 0 Å². The van der Waals surface area contributed by atoms with E-state index in [4.69, 9.17) is 5.73 Å². The molecule has 0 radical (unpaired) electrons. The van der Waals surface area contributed by atoms with Gasteiger partial charge in [0.25, 0.3) is 0 Å². The molecule has 0 unspecified atom stereocenters. The maximum Gasteiger partial charge on any atom is 0.123 e. The van der Waals surface area contributed by atoms with Crippen LogP contribution in [0, 0.1) is 5.82 Å². The molecule has 1 heterocycles. The SMILES string of the molecule is Cl.Nc1ccc2c(c1)N(Cc1ccc(F)cc1)CC2. The smallest absolute Gasteiger partial charge is 0.123 e. The van der Waals surface area contributed by atoms with Crippen molar-refractivity contribution in [2.24, 2.45) is 0 Å². The van der Waals surface area contributed by atoms with Gasteiger partial charge in [0.05, 0.1) is 0 Å². The fraction of sp³-hybridized carbons (Fsp3) is 0.200. The van der Waals surface area contributed by atoms with Crippen molar-refractivity contribution in [1.82, 2.24) is 0 Å². The van der Waals surface area contributed by atoms with E-state index < -0.39 is 0 Å². The molecule has 0 amide bonds. The highest BCUT2D eigenvalue weighted by atomic mass is 35.5. The standard InChI is InChI=1S/C15H15FN2.ClH/c16-13-4-1-11(2-5-13)10-18-8-7-12-3-6-14(17)9-15(12)18;/h1-6,9H,7-8,10,17H2;1H. The minimum atomic E-state index is -0.190. The first kappa shape index (κ1) is 13.7. The van der Waals surface area contributed by atoms with Crippen LogP contribution in [0.3, 0.4) is 0 Å². The summed E-state index contributed by atoms with van der Waals surface area (Å²) in [5.74, 6) is -0.190. The van der Waals surface area contributed by atoms with Gasteiger partial charge in [-0.05, 0) is 41.8 Å². The monoisotopic (exact) mass is 278 g/mol. The molecule has 0 saturated carbocycles. The molecular formula is C15H16ClFN2. The number of nitrogen functional groups attached to an aromatic ring is 1. The van der Waals surface area contributed by atoms with E-state index in [-0.39, 0.29) is 18.2 Å². The van der Waals surface area contributed by atoms with Crippen LogP contribution in [0.2, 0.25) is 0 Å². The summed E-state index contributed by atoms with van der Waals surface area (Å²) >= 11 is 0. The van der Waals surface area contributed by atoms with Crippen LogP contribution in [0.15, 0.2) is 42.5 Å². The van der Waals surface area contributed by atoms with E-state index in [1.807, 2.05) is 24.3 Å². The number of halogens is 2. The Morgan fingerprint density at radius 1 is 1.11 bits per heavy atom. The molecule has 1 aliphatic heterocycles. The zero-order valence-electron chi connectivity index (χ0n) is 10.5. The number of nitrogens with zero attached hydrogens (tertiary/aromatic N) is 1. The van der Waals surface area contributed by atoms with E-state index in [9.17, 15) is 4.39 Å². The summed E-state index contributed by atoms with van der Waals surface area (Å²) < 4.78 is 12.9. The van der Waals surface area contributed by atoms with E-state index in [2.05, 4.69) is 11.0 Å². The zero-order chi connectivity index (χ0) is 12.5. The quantitative estimate of drug-likeness (QED) is 0.853. The number of fused-ring (bicyclic) bond motifs is 1. The first-order valence-corrected chi connectivity index (χ1v) is 6.10. The average Bonchev–Trinajstić information content (AvgIpc) is 2.75. The van der Waals surface area contributed by atoms with Gasteiger partial charge in [0, 0.05) is 24.5 Å². The summed E-state index contributed by atoms with van der Waals surface area (Å²) in [6.45, 7) is 1.80. The molecule has 0 saturated heterocycles. The van der Waals surface area contributed by atoms with Gasteiger partial charge in [-0.3, -0.25) is 0 Å². The summed E-state index contributed by atoms with van der Waals surface area (Å²) in [5.41, 5.74) is 10.3. The van der Waals surface area contributed by atoms with Gasteiger partial charge in [-0.1, -0.05) is 18.2 Å². The summed E-state index contributed by atoms with van der Waals surface area (Å²) in [6, 6.07) is 12.7. The first-order valence-electron chi connectivity index (χ1n) is 6.10. The molecule has 0 spiro atoms. The average molecular weight is 279 g/mol. The molecule has 0 atom stereocenters. The Morgan fingerprint density at radius 2 is 1.84 bits per heavy atom. The first-order chi connectivity index (χ1) is 8.72. The molecule has 0 aromatic heterocycles. The molecule has 2 nitrogen and oxygen atoms in total. The van der Waals surface area contributed by atoms with Crippen LogP contribution >= 0.6 is 12.4 Å². The van der Waals surface area contributed by atoms with Crippen LogP contribution in [0.25, 0.3) is 0 Å². The third kappa shape index (κ3) is 2.82. The van der Waals surface area contributed by atoms with Gasteiger partial charge in [-0.15, -0.1) is 12.4 Å². The molecule has 100 valence electrons. The lowest BCUT2D eigenvalue weighted by molar-refractivity contribution is 0.626. The molecule has 19 heavy (non-hydrogen) atoms. The third-order valence-electron chi connectivity index (χ3n) is 3.39. The fourth-order valence-electron chi connectivity index (χ4n) is 2.44. The highest BCUT2D eigenvalue weighted by Gasteiger charge is 2.18. The minimum absolute atomic E-state index is 0. The zero-order valence-corrected chi connectivity index (χ0v) is 11.3. The lowest BCUT2D eigenvalue weighted by Crippen LogP contribution is -2.19. The summed E-state index contributed by atoms with van der Waals surface area (Å²) in [6.07, 6.45) is 1.05. The van der Waals surface area contributed by atoms with Crippen molar-refractivity contribution in [2.75, 3.05) is 17.2 Å². The van der Waals surface area contributed by atoms with Crippen molar-refractivity contribution in [3.63, 3.8) is 0 Å². The maximum absolute atomic E-state index is 12.9. The van der Waals surface area contributed by atoms with E-state index in [0.717, 1.165) is 30.8 Å². The number of hydrogen-bond acceptors (Lipinski definition) is 2. The Kier molecular flexibility index (Phi) is 3.96. The summed E-state index contributed by atoms with van der Waals surface area (Å²) in [7, 11) is 0. The fourth-order valence-corrected chi connectivity index (χ4v) is 2.44. The highest BCUT2D eigenvalue weighted by Crippen LogP contribution is 2.31. The number of benzene rings is 2. The Bertz CT molecular complexity index is 569. The molecule has 4 heteroatoms. The van der Waals surface area contributed by atoms with Crippen LogP contribution < -0.4 is 10.6 Å². The van der Waals surface area contributed by atoms with Crippen LogP contribution in [0.1, 0.15) is 11.1 Å². The van der Waals surface area contributed by atoms with Gasteiger partial charge in [0.1, 0.15) is 5.82 Å². The topological polar surface area (TPSA) is 29.3 Å². The minimum Gasteiger partial charge on any atom is -0.399 e. The Labute approximate surface area is 118 Å². The lowest BCUT2D eigenvalue weighted by atomic mass is 10.1. The molecule has 0 aliphatic carbocycles. The van der Waals surface area contributed by atoms with Crippen molar-refractivity contribution in [3.8, 4) is 0 Å². The Balaban J connectivity index is 0.00000133. The molecule has 3 rings (SSSR count). The number of hydrogen-bond donors (Lipinski definition) is 1. The van der Waals surface area contributed by atoms with Crippen LogP contribution in [0.5, 0.6) is 0 Å². The maximum atomic E-state index is 12.9. The molecule has 2 N–H and O–H groups in total. The van der Waals surface area contributed by atoms with Gasteiger partial charge < -0.3 is 10.6 Å². The van der Waals surface area contributed by atoms with Crippen molar-refractivity contribution in [2.45, 2.75) is 13.0 Å². The number of rotatable bonds is 2. The second-order valence-electron chi connectivity index (χ2n) is 4.69. The summed E-state index contributed by atoms with van der Waals surface area (Å²) in [5, 5.41) is 0. The van der Waals surface area contributed by atoms with Crippen LogP contribution in [-0.2, 0) is 13.0 Å². The third-order valence-corrected chi connectivity index (χ3v) is 3.39. The largest absolute Gasteiger partial charge is 0.399 e. The van der Waals surface area contributed by atoms with Crippen molar-refractivity contribution < 1.29 is 4.39 Å². The normalized spacial score (nSPS) is 13.0. The predicted octanol–water partition coefficient (Wildman–Crippen LogP) is 3.39. The highest BCUT2D eigenvalue weighted by molar-refractivity contribution is 5.85. The van der Waals surface area contributed by atoms with E-state index in [1.54, 1.807) is 0 Å². The van der Waals surface area contributed by atoms with Gasteiger partial charge in [0.2, 0.25) is 0 Å². The van der Waals surface area contributed by atoms with Gasteiger partial charge >= 0.3 is 0 Å². The van der Waals surface area contributed by atoms with E-state index in [0.29, 0.717) is 0 Å². The predicted molar refractivity (Wildman–Crippen MR) is 79.3 cm³/mol. The Morgan fingerprint density at radius 3 is 2.58 bits per heavy atom. The molecule has 1 aliphatic rings. The molecule has 2 aromatic rings. The molecule has 2 aromatic carbocycles. The molecule has 0 bridgehead atoms. The van der Waals surface area contributed by atoms with Gasteiger partial charge in [-0.25, -0.2) is 4.39 Å². The van der Waals surface area contributed by atoms with Crippen molar-refractivity contribution in [1.29, 1.82) is 0 Å². The summed E-state index contributed by atoms with van der Waals surface area (Å²) in [4.78, 5) is 2.29.